The van der Waals surface area contributed by atoms with Crippen LogP contribution in [0.1, 0.15) is 63.8 Å². The first-order valence-corrected chi connectivity index (χ1v) is 13.4. The summed E-state index contributed by atoms with van der Waals surface area (Å²) in [5, 5.41) is 0.570. The number of carbonyl (C=O) groups is 1. The van der Waals surface area contributed by atoms with Crippen molar-refractivity contribution in [3.05, 3.63) is 99.0 Å². The Labute approximate surface area is 234 Å². The van der Waals surface area contributed by atoms with Crippen molar-refractivity contribution in [1.82, 2.24) is 4.90 Å². The van der Waals surface area contributed by atoms with Crippen molar-refractivity contribution in [1.29, 1.82) is 0 Å². The van der Waals surface area contributed by atoms with Crippen LogP contribution >= 0.6 is 34.8 Å². The third-order valence-electron chi connectivity index (χ3n) is 7.31. The molecule has 1 aliphatic rings. The summed E-state index contributed by atoms with van der Waals surface area (Å²) in [6.45, 7) is 12.8. The number of aliphatic imine (C=N–C) groups is 1. The molecule has 1 aliphatic heterocycles. The van der Waals surface area contributed by atoms with Crippen LogP contribution in [0, 0.1) is 0 Å². The van der Waals surface area contributed by atoms with Gasteiger partial charge >= 0.3 is 5.37 Å². The van der Waals surface area contributed by atoms with Crippen LogP contribution < -0.4 is 4.74 Å². The minimum absolute atomic E-state index is 0.0838. The van der Waals surface area contributed by atoms with Gasteiger partial charge in [-0.05, 0) is 90.9 Å². The van der Waals surface area contributed by atoms with E-state index in [1.807, 2.05) is 81.4 Å². The first-order chi connectivity index (χ1) is 17.3. The summed E-state index contributed by atoms with van der Waals surface area (Å²) in [5.74, 6) is 1.09. The van der Waals surface area contributed by atoms with Crippen LogP contribution in [-0.4, -0.2) is 22.7 Å². The number of carbonyl (C=O) groups excluding carboxylic acids is 1. The fourth-order valence-corrected chi connectivity index (χ4v) is 5.49. The molecular weight excluding hydrogens is 527 g/mol. The van der Waals surface area contributed by atoms with Crippen LogP contribution in [0.3, 0.4) is 0 Å². The molecule has 0 fully saturated rings. The van der Waals surface area contributed by atoms with Gasteiger partial charge in [0.1, 0.15) is 22.7 Å². The maximum absolute atomic E-state index is 13.3. The van der Waals surface area contributed by atoms with E-state index in [0.717, 1.165) is 16.7 Å². The van der Waals surface area contributed by atoms with Crippen molar-refractivity contribution in [2.75, 3.05) is 6.61 Å². The third kappa shape index (κ3) is 4.76. The zero-order chi connectivity index (χ0) is 27.2. The lowest BCUT2D eigenvalue weighted by molar-refractivity contribution is 0.149. The van der Waals surface area contributed by atoms with E-state index >= 15 is 0 Å². The molecule has 1 amide bonds. The van der Waals surface area contributed by atoms with E-state index in [1.54, 1.807) is 4.90 Å². The molecule has 0 aliphatic carbocycles. The number of hydrogen-bond donors (Lipinski definition) is 0. The lowest BCUT2D eigenvalue weighted by atomic mass is 9.71. The highest BCUT2D eigenvalue weighted by molar-refractivity contribution is 6.64. The number of rotatable bonds is 5. The topological polar surface area (TPSA) is 41.9 Å². The fraction of sp³-hybridized carbons (Fsp3) is 0.333. The van der Waals surface area contributed by atoms with Crippen LogP contribution in [-0.2, 0) is 16.5 Å². The minimum Gasteiger partial charge on any atom is -0.493 e. The molecule has 37 heavy (non-hydrogen) atoms. The molecule has 0 spiro atoms. The smallest absolute Gasteiger partial charge is 0.322 e. The average molecular weight is 558 g/mol. The minimum atomic E-state index is -0.994. The standard InChI is InChI=1S/C30H31Cl3N2O2/c1-7-37-25-18-21(28(2,3)4)12-17-24(25)26-34-29(5,19-8-13-22(31)14-9-19)30(6,35(26)27(33)36)20-10-15-23(32)16-11-20/h8-18H,7H2,1-6H3/t29-,30-/m0/s1. The molecule has 194 valence electrons. The van der Waals surface area contributed by atoms with Gasteiger partial charge in [0, 0.05) is 10.0 Å². The van der Waals surface area contributed by atoms with Crippen molar-refractivity contribution in [2.24, 2.45) is 4.99 Å². The van der Waals surface area contributed by atoms with Gasteiger partial charge in [0.25, 0.3) is 0 Å². The summed E-state index contributed by atoms with van der Waals surface area (Å²) in [6.07, 6.45) is 0. The average Bonchev–Trinajstić information content (AvgIpc) is 3.08. The van der Waals surface area contributed by atoms with Crippen molar-refractivity contribution >= 4 is 46.0 Å². The van der Waals surface area contributed by atoms with Gasteiger partial charge in [0.05, 0.1) is 12.2 Å². The second-order valence-corrected chi connectivity index (χ2v) is 11.8. The Morgan fingerprint density at radius 3 is 1.95 bits per heavy atom. The van der Waals surface area contributed by atoms with Gasteiger partial charge < -0.3 is 4.74 Å². The Morgan fingerprint density at radius 2 is 1.46 bits per heavy atom. The third-order valence-corrected chi connectivity index (χ3v) is 7.99. The fourth-order valence-electron chi connectivity index (χ4n) is 4.99. The molecule has 0 saturated carbocycles. The van der Waals surface area contributed by atoms with Crippen LogP contribution in [0.25, 0.3) is 0 Å². The Bertz CT molecular complexity index is 1350. The number of hydrogen-bond acceptors (Lipinski definition) is 3. The van der Waals surface area contributed by atoms with Crippen LogP contribution in [0.2, 0.25) is 10.0 Å². The maximum Gasteiger partial charge on any atom is 0.322 e. The summed E-state index contributed by atoms with van der Waals surface area (Å²) >= 11 is 18.8. The highest BCUT2D eigenvalue weighted by Gasteiger charge is 2.59. The van der Waals surface area contributed by atoms with E-state index in [9.17, 15) is 4.79 Å². The monoisotopic (exact) mass is 556 g/mol. The SMILES string of the molecule is CCOc1cc(C(C)(C)C)ccc1C1=N[C@@](C)(c2ccc(Cl)cc2)[C@](C)(c2ccc(Cl)cc2)N1C(=O)Cl. The molecule has 7 heteroatoms. The second-order valence-electron chi connectivity index (χ2n) is 10.6. The van der Waals surface area contributed by atoms with Gasteiger partial charge in [-0.25, -0.2) is 0 Å². The molecule has 1 heterocycles. The zero-order valence-corrected chi connectivity index (χ0v) is 24.2. The lowest BCUT2D eigenvalue weighted by Crippen LogP contribution is -2.53. The molecule has 0 aromatic heterocycles. The molecule has 0 unspecified atom stereocenters. The van der Waals surface area contributed by atoms with Crippen molar-refractivity contribution in [3.8, 4) is 5.75 Å². The summed E-state index contributed by atoms with van der Waals surface area (Å²) in [6, 6.07) is 21.0. The quantitative estimate of drug-likeness (QED) is 0.232. The Balaban J connectivity index is 2.03. The molecule has 0 radical (unpaired) electrons. The highest BCUT2D eigenvalue weighted by atomic mass is 35.5. The van der Waals surface area contributed by atoms with Gasteiger partial charge in [-0.2, -0.15) is 0 Å². The summed E-state index contributed by atoms with van der Waals surface area (Å²) < 4.78 is 6.10. The number of amidine groups is 1. The lowest BCUT2D eigenvalue weighted by Gasteiger charge is -2.44. The Hall–Kier alpha value is -2.53. The van der Waals surface area contributed by atoms with Gasteiger partial charge in [-0.15, -0.1) is 0 Å². The molecule has 0 N–H and O–H groups in total. The van der Waals surface area contributed by atoms with Gasteiger partial charge in [-0.3, -0.25) is 14.7 Å². The van der Waals surface area contributed by atoms with Crippen LogP contribution in [0.4, 0.5) is 4.79 Å². The van der Waals surface area contributed by atoms with Gasteiger partial charge in [0.15, 0.2) is 0 Å². The molecule has 0 bridgehead atoms. The van der Waals surface area contributed by atoms with Crippen molar-refractivity contribution < 1.29 is 9.53 Å². The molecule has 3 aromatic carbocycles. The zero-order valence-electron chi connectivity index (χ0n) is 21.9. The number of amides is 1. The number of nitrogens with zero attached hydrogens (tertiary/aromatic N) is 2. The second kappa shape index (κ2) is 9.98. The highest BCUT2D eigenvalue weighted by Crippen LogP contribution is 2.54. The number of halogens is 3. The predicted molar refractivity (Wildman–Crippen MR) is 154 cm³/mol. The van der Waals surface area contributed by atoms with Crippen LogP contribution in [0.5, 0.6) is 5.75 Å². The largest absolute Gasteiger partial charge is 0.493 e. The van der Waals surface area contributed by atoms with Crippen molar-refractivity contribution in [2.45, 2.75) is 58.0 Å². The van der Waals surface area contributed by atoms with E-state index in [1.165, 1.54) is 0 Å². The van der Waals surface area contributed by atoms with E-state index in [-0.39, 0.29) is 5.41 Å². The Kier molecular flexibility index (Phi) is 7.42. The molecule has 2 atom stereocenters. The van der Waals surface area contributed by atoms with E-state index in [4.69, 9.17) is 44.5 Å². The summed E-state index contributed by atoms with van der Waals surface area (Å²) in [7, 11) is 0. The summed E-state index contributed by atoms with van der Waals surface area (Å²) in [4.78, 5) is 20.1. The number of ether oxygens (including phenoxy) is 1. The number of benzene rings is 3. The van der Waals surface area contributed by atoms with Gasteiger partial charge in [0.2, 0.25) is 0 Å². The van der Waals surface area contributed by atoms with Gasteiger partial charge in [-0.1, -0.05) is 74.3 Å². The van der Waals surface area contributed by atoms with Crippen molar-refractivity contribution in [3.63, 3.8) is 0 Å². The normalized spacial score (nSPS) is 21.6. The predicted octanol–water partition coefficient (Wildman–Crippen LogP) is 8.94. The van der Waals surface area contributed by atoms with E-state index in [0.29, 0.717) is 33.8 Å². The molecule has 0 saturated heterocycles. The Morgan fingerprint density at radius 1 is 0.919 bits per heavy atom. The summed E-state index contributed by atoms with van der Waals surface area (Å²) in [5.41, 5.74) is 1.54. The molecule has 3 aromatic rings. The maximum atomic E-state index is 13.3. The molecule has 4 nitrogen and oxygen atoms in total. The first kappa shape index (κ1) is 27.5. The molecule has 4 rings (SSSR count). The van der Waals surface area contributed by atoms with Crippen LogP contribution in [0.15, 0.2) is 71.7 Å². The van der Waals surface area contributed by atoms with E-state index in [2.05, 4.69) is 26.8 Å². The molecular formula is C30H31Cl3N2O2. The van der Waals surface area contributed by atoms with E-state index < -0.39 is 16.4 Å². The first-order valence-electron chi connectivity index (χ1n) is 12.2.